The van der Waals surface area contributed by atoms with Gasteiger partial charge in [-0.3, -0.25) is 14.4 Å². The van der Waals surface area contributed by atoms with E-state index >= 15 is 0 Å². The SMILES string of the molecule is O=C1Cc2ccc(cc2)CC(=O)Cc2ccc(cc2)CC(=O)Cc2ccc(cc2)C1. The summed E-state index contributed by atoms with van der Waals surface area (Å²) in [5, 5.41) is 0. The van der Waals surface area contributed by atoms with Gasteiger partial charge < -0.3 is 0 Å². The summed E-state index contributed by atoms with van der Waals surface area (Å²) < 4.78 is 0. The standard InChI is InChI=1S/C27H24O3/c28-25-13-19-1-2-20(4-3-19)14-26(29)16-22-9-11-24(12-10-22)18-27(30)17-23-7-5-21(15-25)6-8-23/h1-12H,13-18H2. The third-order valence-corrected chi connectivity index (χ3v) is 5.48. The van der Waals surface area contributed by atoms with Gasteiger partial charge in [0.15, 0.2) is 0 Å². The molecule has 0 heterocycles. The first-order valence-electron chi connectivity index (χ1n) is 10.3. The van der Waals surface area contributed by atoms with E-state index in [1.54, 1.807) is 0 Å². The van der Waals surface area contributed by atoms with E-state index in [2.05, 4.69) is 0 Å². The Bertz CT molecular complexity index is 836. The Morgan fingerprint density at radius 3 is 0.567 bits per heavy atom. The second-order valence-electron chi connectivity index (χ2n) is 8.13. The summed E-state index contributed by atoms with van der Waals surface area (Å²) in [4.78, 5) is 37.3. The second kappa shape index (κ2) is 9.00. The molecule has 4 aliphatic carbocycles. The molecule has 0 fully saturated rings. The zero-order valence-corrected chi connectivity index (χ0v) is 16.9. The number of carbonyl (C=O) groups is 3. The van der Waals surface area contributed by atoms with Crippen molar-refractivity contribution in [3.63, 3.8) is 0 Å². The first-order valence-corrected chi connectivity index (χ1v) is 10.3. The summed E-state index contributed by atoms with van der Waals surface area (Å²) in [5.41, 5.74) is 5.75. The molecular formula is C27H24O3. The van der Waals surface area contributed by atoms with Crippen LogP contribution in [0.1, 0.15) is 33.4 Å². The molecule has 3 aromatic carbocycles. The summed E-state index contributed by atoms with van der Waals surface area (Å²) >= 11 is 0. The van der Waals surface area contributed by atoms with Gasteiger partial charge in [-0.1, -0.05) is 72.8 Å². The van der Waals surface area contributed by atoms with Crippen LogP contribution in [0, 0.1) is 0 Å². The Hall–Kier alpha value is -3.33. The molecule has 30 heavy (non-hydrogen) atoms. The van der Waals surface area contributed by atoms with Crippen molar-refractivity contribution in [1.29, 1.82) is 0 Å². The van der Waals surface area contributed by atoms with Crippen LogP contribution >= 0.6 is 0 Å². The maximum atomic E-state index is 12.4. The Morgan fingerprint density at radius 1 is 0.300 bits per heavy atom. The molecule has 0 unspecified atom stereocenters. The first kappa shape index (κ1) is 20.0. The monoisotopic (exact) mass is 396 g/mol. The van der Waals surface area contributed by atoms with Gasteiger partial charge in [0.1, 0.15) is 17.3 Å². The molecular weight excluding hydrogens is 372 g/mol. The van der Waals surface area contributed by atoms with E-state index in [9.17, 15) is 14.4 Å². The molecule has 150 valence electrons. The zero-order chi connectivity index (χ0) is 20.9. The van der Waals surface area contributed by atoms with Crippen LogP contribution in [-0.4, -0.2) is 17.3 Å². The van der Waals surface area contributed by atoms with Crippen LogP contribution in [0.15, 0.2) is 72.8 Å². The highest BCUT2D eigenvalue weighted by Gasteiger charge is 2.11. The predicted octanol–water partition coefficient (Wildman–Crippen LogP) is 4.06. The highest BCUT2D eigenvalue weighted by molar-refractivity contribution is 5.85. The summed E-state index contributed by atoms with van der Waals surface area (Å²) in [7, 11) is 0. The Morgan fingerprint density at radius 2 is 0.433 bits per heavy atom. The van der Waals surface area contributed by atoms with Crippen molar-refractivity contribution in [2.45, 2.75) is 38.5 Å². The van der Waals surface area contributed by atoms with Crippen LogP contribution in [0.3, 0.4) is 0 Å². The molecule has 4 aliphatic rings. The van der Waals surface area contributed by atoms with Gasteiger partial charge in [0, 0.05) is 38.5 Å². The van der Waals surface area contributed by atoms with E-state index in [0.29, 0.717) is 38.5 Å². The minimum atomic E-state index is 0.148. The Kier molecular flexibility index (Phi) is 5.99. The summed E-state index contributed by atoms with van der Waals surface area (Å²) in [5.74, 6) is 0.445. The number of rotatable bonds is 0. The van der Waals surface area contributed by atoms with Crippen molar-refractivity contribution in [2.75, 3.05) is 0 Å². The molecule has 0 atom stereocenters. The molecule has 0 N–H and O–H groups in total. The fourth-order valence-electron chi connectivity index (χ4n) is 3.88. The maximum Gasteiger partial charge on any atom is 0.141 e. The number of fused-ring (bicyclic) bond motifs is 3. The van der Waals surface area contributed by atoms with E-state index in [1.807, 2.05) is 72.8 Å². The van der Waals surface area contributed by atoms with Crippen LogP contribution < -0.4 is 0 Å². The minimum Gasteiger partial charge on any atom is -0.299 e. The van der Waals surface area contributed by atoms with E-state index < -0.39 is 0 Å². The maximum absolute atomic E-state index is 12.4. The lowest BCUT2D eigenvalue weighted by Crippen LogP contribution is -2.08. The summed E-state index contributed by atoms with van der Waals surface area (Å²) in [6.45, 7) is 0. The number of ketones is 3. The van der Waals surface area contributed by atoms with Gasteiger partial charge >= 0.3 is 0 Å². The molecule has 0 aromatic heterocycles. The third kappa shape index (κ3) is 5.38. The number of hydrogen-bond donors (Lipinski definition) is 0. The van der Waals surface area contributed by atoms with E-state index in [0.717, 1.165) is 33.4 Å². The van der Waals surface area contributed by atoms with E-state index in [1.165, 1.54) is 0 Å². The molecule has 0 saturated carbocycles. The van der Waals surface area contributed by atoms with Crippen molar-refractivity contribution in [3.8, 4) is 0 Å². The lowest BCUT2D eigenvalue weighted by atomic mass is 9.98. The van der Waals surface area contributed by atoms with E-state index in [4.69, 9.17) is 0 Å². The smallest absolute Gasteiger partial charge is 0.141 e. The third-order valence-electron chi connectivity index (χ3n) is 5.48. The lowest BCUT2D eigenvalue weighted by molar-refractivity contribution is -0.118. The Balaban J connectivity index is 1.59. The van der Waals surface area contributed by atoms with E-state index in [-0.39, 0.29) is 17.3 Å². The highest BCUT2D eigenvalue weighted by Crippen LogP contribution is 2.14. The van der Waals surface area contributed by atoms with Crippen molar-refractivity contribution in [2.24, 2.45) is 0 Å². The number of carbonyl (C=O) groups excluding carboxylic acids is 3. The van der Waals surface area contributed by atoms with Gasteiger partial charge in [-0.25, -0.2) is 0 Å². The van der Waals surface area contributed by atoms with Gasteiger partial charge in [-0.2, -0.15) is 0 Å². The second-order valence-corrected chi connectivity index (χ2v) is 8.13. The predicted molar refractivity (Wildman–Crippen MR) is 117 cm³/mol. The van der Waals surface area contributed by atoms with Crippen LogP contribution in [0.4, 0.5) is 0 Å². The van der Waals surface area contributed by atoms with Gasteiger partial charge in [0.2, 0.25) is 0 Å². The van der Waals surface area contributed by atoms with Crippen molar-refractivity contribution in [3.05, 3.63) is 106 Å². The molecule has 7 rings (SSSR count). The largest absolute Gasteiger partial charge is 0.299 e. The average molecular weight is 396 g/mol. The van der Waals surface area contributed by atoms with Crippen molar-refractivity contribution in [1.82, 2.24) is 0 Å². The van der Waals surface area contributed by atoms with Crippen LogP contribution in [0.25, 0.3) is 0 Å². The van der Waals surface area contributed by atoms with Crippen molar-refractivity contribution >= 4 is 17.3 Å². The quantitative estimate of drug-likeness (QED) is 0.576. The van der Waals surface area contributed by atoms with Gasteiger partial charge in [0.05, 0.1) is 0 Å². The molecule has 0 radical (unpaired) electrons. The van der Waals surface area contributed by atoms with Gasteiger partial charge in [-0.05, 0) is 33.4 Å². The van der Waals surface area contributed by atoms with Gasteiger partial charge in [0.25, 0.3) is 0 Å². The summed E-state index contributed by atoms with van der Waals surface area (Å²) in [6.07, 6.45) is 2.25. The molecule has 6 bridgehead atoms. The van der Waals surface area contributed by atoms with Crippen LogP contribution in [0.2, 0.25) is 0 Å². The molecule has 3 heteroatoms. The number of hydrogen-bond acceptors (Lipinski definition) is 3. The Labute approximate surface area is 176 Å². The molecule has 0 spiro atoms. The average Bonchev–Trinajstić information content (AvgIpc) is 2.72. The van der Waals surface area contributed by atoms with Crippen LogP contribution in [0.5, 0.6) is 0 Å². The molecule has 3 aromatic rings. The number of benzene rings is 3. The normalized spacial score (nSPS) is 15.4. The van der Waals surface area contributed by atoms with Crippen LogP contribution in [-0.2, 0) is 52.9 Å². The fraction of sp³-hybridized carbons (Fsp3) is 0.222. The topological polar surface area (TPSA) is 51.2 Å². The zero-order valence-electron chi connectivity index (χ0n) is 16.9. The lowest BCUT2D eigenvalue weighted by Gasteiger charge is -2.05. The number of Topliss-reactive ketones (excluding diaryl/α,β-unsaturated/α-hetero) is 3. The van der Waals surface area contributed by atoms with Gasteiger partial charge in [-0.15, -0.1) is 0 Å². The van der Waals surface area contributed by atoms with Crippen molar-refractivity contribution < 1.29 is 14.4 Å². The molecule has 0 amide bonds. The molecule has 0 aliphatic heterocycles. The fourth-order valence-corrected chi connectivity index (χ4v) is 3.88. The first-order chi connectivity index (χ1) is 14.5. The minimum absolute atomic E-state index is 0.148. The molecule has 0 saturated heterocycles. The molecule has 3 nitrogen and oxygen atoms in total. The highest BCUT2D eigenvalue weighted by atomic mass is 16.1. The summed E-state index contributed by atoms with van der Waals surface area (Å²) in [6, 6.07) is 23.2.